The fourth-order valence-corrected chi connectivity index (χ4v) is 4.44. The molecule has 0 aliphatic carbocycles. The highest BCUT2D eigenvalue weighted by Crippen LogP contribution is 2.22. The summed E-state index contributed by atoms with van der Waals surface area (Å²) in [5.41, 5.74) is 2.70. The van der Waals surface area contributed by atoms with Gasteiger partial charge in [0.25, 0.3) is 0 Å². The van der Waals surface area contributed by atoms with Crippen molar-refractivity contribution in [1.82, 2.24) is 10.2 Å². The van der Waals surface area contributed by atoms with E-state index in [0.29, 0.717) is 5.69 Å². The minimum atomic E-state index is -3.75. The third-order valence-electron chi connectivity index (χ3n) is 5.39. The average molecular weight is 553 g/mol. The van der Waals surface area contributed by atoms with Gasteiger partial charge in [-0.25, -0.2) is 8.42 Å². The molecule has 0 bridgehead atoms. The van der Waals surface area contributed by atoms with E-state index in [9.17, 15) is 18.0 Å². The second-order valence-electron chi connectivity index (χ2n) is 9.60. The third-order valence-corrected chi connectivity index (χ3v) is 7.06. The Morgan fingerprint density at radius 3 is 2.12 bits per heavy atom. The lowest BCUT2D eigenvalue weighted by Crippen LogP contribution is -2.54. The number of halogens is 1. The zero-order chi connectivity index (χ0) is 25.8. The van der Waals surface area contributed by atoms with Crippen LogP contribution in [0.15, 0.2) is 46.9 Å². The van der Waals surface area contributed by atoms with Crippen molar-refractivity contribution in [1.29, 1.82) is 0 Å². The molecule has 0 aromatic heterocycles. The van der Waals surface area contributed by atoms with Crippen LogP contribution in [-0.4, -0.2) is 49.5 Å². The van der Waals surface area contributed by atoms with Gasteiger partial charge >= 0.3 is 0 Å². The molecule has 0 radical (unpaired) electrons. The molecule has 0 aliphatic heterocycles. The van der Waals surface area contributed by atoms with Crippen molar-refractivity contribution in [2.75, 3.05) is 17.1 Å². The summed E-state index contributed by atoms with van der Waals surface area (Å²) in [6, 6.07) is 11.9. The van der Waals surface area contributed by atoms with Gasteiger partial charge in [-0.05, 0) is 82.5 Å². The molecule has 186 valence electrons. The van der Waals surface area contributed by atoms with Gasteiger partial charge in [-0.2, -0.15) is 0 Å². The van der Waals surface area contributed by atoms with Crippen LogP contribution in [0.2, 0.25) is 0 Å². The summed E-state index contributed by atoms with van der Waals surface area (Å²) in [4.78, 5) is 27.9. The third kappa shape index (κ3) is 7.84. The van der Waals surface area contributed by atoms with Crippen LogP contribution in [0.4, 0.5) is 5.69 Å². The molecule has 2 rings (SSSR count). The second kappa shape index (κ2) is 10.9. The lowest BCUT2D eigenvalue weighted by Gasteiger charge is -2.33. The normalized spacial score (nSPS) is 12.7. The first-order valence-electron chi connectivity index (χ1n) is 11.0. The SMILES string of the molecule is Cc1ccc(N(CC(=O)N(Cc2ccc(Br)cc2)[C@H](C)C(=O)NC(C)(C)C)S(C)(=O)=O)cc1C. The Balaban J connectivity index is 2.41. The summed E-state index contributed by atoms with van der Waals surface area (Å²) in [5.74, 6) is -0.779. The Bertz CT molecular complexity index is 1140. The second-order valence-corrected chi connectivity index (χ2v) is 12.4. The number of benzene rings is 2. The van der Waals surface area contributed by atoms with E-state index in [1.165, 1.54) is 4.90 Å². The van der Waals surface area contributed by atoms with E-state index in [-0.39, 0.29) is 12.5 Å². The van der Waals surface area contributed by atoms with Crippen molar-refractivity contribution in [2.45, 2.75) is 59.7 Å². The molecule has 0 aliphatic rings. The van der Waals surface area contributed by atoms with Crippen molar-refractivity contribution in [3.8, 4) is 0 Å². The van der Waals surface area contributed by atoms with E-state index in [1.54, 1.807) is 19.1 Å². The number of carbonyl (C=O) groups is 2. The molecule has 34 heavy (non-hydrogen) atoms. The quantitative estimate of drug-likeness (QED) is 0.533. The highest BCUT2D eigenvalue weighted by Gasteiger charge is 2.31. The van der Waals surface area contributed by atoms with E-state index in [0.717, 1.165) is 31.7 Å². The number of hydrogen-bond acceptors (Lipinski definition) is 4. The van der Waals surface area contributed by atoms with Crippen LogP contribution < -0.4 is 9.62 Å². The Labute approximate surface area is 211 Å². The minimum absolute atomic E-state index is 0.162. The molecule has 2 aromatic rings. The molecule has 2 aromatic carbocycles. The molecule has 0 saturated carbocycles. The first kappa shape index (κ1) is 27.9. The van der Waals surface area contributed by atoms with Crippen molar-refractivity contribution >= 4 is 43.5 Å². The molecule has 0 saturated heterocycles. The first-order chi connectivity index (χ1) is 15.6. The monoisotopic (exact) mass is 551 g/mol. The fraction of sp³-hybridized carbons (Fsp3) is 0.440. The number of amides is 2. The molecule has 9 heteroatoms. The van der Waals surface area contributed by atoms with Crippen molar-refractivity contribution in [3.63, 3.8) is 0 Å². The maximum atomic E-state index is 13.5. The van der Waals surface area contributed by atoms with Crippen molar-refractivity contribution < 1.29 is 18.0 Å². The van der Waals surface area contributed by atoms with E-state index in [4.69, 9.17) is 0 Å². The number of sulfonamides is 1. The topological polar surface area (TPSA) is 86.8 Å². The predicted octanol–water partition coefficient (Wildman–Crippen LogP) is 4.16. The molecular formula is C25H34BrN3O4S. The number of carbonyl (C=O) groups excluding carboxylic acids is 2. The number of nitrogens with one attached hydrogen (secondary N) is 1. The highest BCUT2D eigenvalue weighted by atomic mass is 79.9. The fourth-order valence-electron chi connectivity index (χ4n) is 3.34. The van der Waals surface area contributed by atoms with Crippen LogP contribution in [0.25, 0.3) is 0 Å². The van der Waals surface area contributed by atoms with Gasteiger partial charge in [0.15, 0.2) is 0 Å². The zero-order valence-electron chi connectivity index (χ0n) is 20.8. The Morgan fingerprint density at radius 1 is 1.03 bits per heavy atom. The largest absolute Gasteiger partial charge is 0.350 e. The van der Waals surface area contributed by atoms with Gasteiger partial charge in [-0.3, -0.25) is 13.9 Å². The van der Waals surface area contributed by atoms with Crippen molar-refractivity contribution in [2.24, 2.45) is 0 Å². The average Bonchev–Trinajstić information content (AvgIpc) is 2.71. The number of rotatable bonds is 8. The van der Waals surface area contributed by atoms with Gasteiger partial charge < -0.3 is 10.2 Å². The van der Waals surface area contributed by atoms with Crippen LogP contribution >= 0.6 is 15.9 Å². The van der Waals surface area contributed by atoms with Gasteiger partial charge in [-0.1, -0.05) is 34.1 Å². The van der Waals surface area contributed by atoms with Crippen LogP contribution in [0, 0.1) is 13.8 Å². The van der Waals surface area contributed by atoms with E-state index in [2.05, 4.69) is 21.2 Å². The molecule has 7 nitrogen and oxygen atoms in total. The Kier molecular flexibility index (Phi) is 8.93. The molecular weight excluding hydrogens is 518 g/mol. The molecule has 1 N–H and O–H groups in total. The predicted molar refractivity (Wildman–Crippen MR) is 140 cm³/mol. The molecule has 1 atom stereocenters. The molecule has 0 heterocycles. The summed E-state index contributed by atoms with van der Waals surface area (Å²) in [5, 5.41) is 2.91. The lowest BCUT2D eigenvalue weighted by atomic mass is 10.1. The van der Waals surface area contributed by atoms with E-state index >= 15 is 0 Å². The standard InChI is InChI=1S/C25H34BrN3O4S/c1-17-8-13-22(14-18(17)2)29(34(7,32)33)16-23(30)28(15-20-9-11-21(26)12-10-20)19(3)24(31)27-25(4,5)6/h8-14,19H,15-16H2,1-7H3,(H,27,31)/t19-/m1/s1. The molecule has 0 unspecified atom stereocenters. The molecule has 2 amide bonds. The highest BCUT2D eigenvalue weighted by molar-refractivity contribution is 9.10. The number of hydrogen-bond donors (Lipinski definition) is 1. The minimum Gasteiger partial charge on any atom is -0.350 e. The number of aryl methyl sites for hydroxylation is 2. The summed E-state index contributed by atoms with van der Waals surface area (Å²) in [6.07, 6.45) is 1.07. The summed E-state index contributed by atoms with van der Waals surface area (Å²) in [7, 11) is -3.75. The maximum Gasteiger partial charge on any atom is 0.244 e. The van der Waals surface area contributed by atoms with Gasteiger partial charge in [0.05, 0.1) is 11.9 Å². The van der Waals surface area contributed by atoms with Crippen LogP contribution in [0.1, 0.15) is 44.4 Å². The zero-order valence-corrected chi connectivity index (χ0v) is 23.2. The first-order valence-corrected chi connectivity index (χ1v) is 13.6. The summed E-state index contributed by atoms with van der Waals surface area (Å²) < 4.78 is 27.3. The van der Waals surface area contributed by atoms with Crippen LogP contribution in [0.3, 0.4) is 0 Å². The molecule has 0 fully saturated rings. The van der Waals surface area contributed by atoms with Crippen LogP contribution in [0.5, 0.6) is 0 Å². The van der Waals surface area contributed by atoms with Crippen molar-refractivity contribution in [3.05, 3.63) is 63.6 Å². The maximum absolute atomic E-state index is 13.5. The summed E-state index contributed by atoms with van der Waals surface area (Å²) >= 11 is 3.40. The Morgan fingerprint density at radius 2 is 1.62 bits per heavy atom. The van der Waals surface area contributed by atoms with Gasteiger partial charge in [0.1, 0.15) is 12.6 Å². The van der Waals surface area contributed by atoms with Gasteiger partial charge in [0, 0.05) is 16.6 Å². The van der Waals surface area contributed by atoms with E-state index in [1.807, 2.05) is 65.0 Å². The summed E-state index contributed by atoms with van der Waals surface area (Å²) in [6.45, 7) is 10.8. The number of nitrogens with zero attached hydrogens (tertiary/aromatic N) is 2. The van der Waals surface area contributed by atoms with Gasteiger partial charge in [0.2, 0.25) is 21.8 Å². The van der Waals surface area contributed by atoms with Crippen LogP contribution in [-0.2, 0) is 26.2 Å². The molecule has 0 spiro atoms. The smallest absolute Gasteiger partial charge is 0.244 e. The number of anilines is 1. The lowest BCUT2D eigenvalue weighted by molar-refractivity contribution is -0.140. The van der Waals surface area contributed by atoms with Gasteiger partial charge in [-0.15, -0.1) is 0 Å². The Hall–Kier alpha value is -2.39. The van der Waals surface area contributed by atoms with E-state index < -0.39 is 34.1 Å².